The molecule has 0 aliphatic rings. The second kappa shape index (κ2) is 7.61. The number of nitrogens with two attached hydrogens (primary N) is 1. The Bertz CT molecular complexity index is 392. The molecule has 0 aliphatic carbocycles. The van der Waals surface area contributed by atoms with E-state index in [0.717, 1.165) is 25.1 Å². The summed E-state index contributed by atoms with van der Waals surface area (Å²) in [4.78, 5) is 2.39. The number of halogens is 1. The minimum atomic E-state index is -0.149. The number of nitrogens with zero attached hydrogens (tertiary/aromatic N) is 1. The molecule has 0 saturated carbocycles. The highest BCUT2D eigenvalue weighted by Gasteiger charge is 2.19. The van der Waals surface area contributed by atoms with Crippen molar-refractivity contribution < 1.29 is 4.39 Å². The van der Waals surface area contributed by atoms with E-state index in [1.54, 1.807) is 13.0 Å². The predicted octanol–water partition coefficient (Wildman–Crippen LogP) is 3.50. The van der Waals surface area contributed by atoms with Crippen molar-refractivity contribution in [3.8, 4) is 0 Å². The molecule has 2 N–H and O–H groups in total. The lowest BCUT2D eigenvalue weighted by Gasteiger charge is -2.32. The fourth-order valence-corrected chi connectivity index (χ4v) is 2.38. The van der Waals surface area contributed by atoms with Crippen LogP contribution in [0.2, 0.25) is 0 Å². The van der Waals surface area contributed by atoms with Crippen molar-refractivity contribution in [3.63, 3.8) is 0 Å². The van der Waals surface area contributed by atoms with Crippen LogP contribution in [0.4, 0.5) is 4.39 Å². The van der Waals surface area contributed by atoms with Crippen molar-refractivity contribution in [2.75, 3.05) is 19.6 Å². The summed E-state index contributed by atoms with van der Waals surface area (Å²) in [6.45, 7) is 11.0. The van der Waals surface area contributed by atoms with E-state index >= 15 is 0 Å². The monoisotopic (exact) mass is 266 g/mol. The number of hydrogen-bond acceptors (Lipinski definition) is 2. The van der Waals surface area contributed by atoms with Crippen molar-refractivity contribution in [1.82, 2.24) is 4.90 Å². The van der Waals surface area contributed by atoms with E-state index in [1.165, 1.54) is 0 Å². The van der Waals surface area contributed by atoms with Crippen LogP contribution in [0.5, 0.6) is 0 Å². The van der Waals surface area contributed by atoms with Gasteiger partial charge in [-0.15, -0.1) is 0 Å². The summed E-state index contributed by atoms with van der Waals surface area (Å²) >= 11 is 0. The number of benzene rings is 1. The molecule has 0 heterocycles. The molecule has 19 heavy (non-hydrogen) atoms. The maximum Gasteiger partial charge on any atom is 0.126 e. The van der Waals surface area contributed by atoms with Crippen molar-refractivity contribution in [3.05, 3.63) is 35.1 Å². The molecule has 2 nitrogen and oxygen atoms in total. The van der Waals surface area contributed by atoms with E-state index in [9.17, 15) is 4.39 Å². The summed E-state index contributed by atoms with van der Waals surface area (Å²) in [6.07, 6.45) is 1.16. The molecule has 0 aromatic heterocycles. The van der Waals surface area contributed by atoms with Gasteiger partial charge in [0.05, 0.1) is 0 Å². The molecule has 0 saturated heterocycles. The summed E-state index contributed by atoms with van der Waals surface area (Å²) < 4.78 is 13.4. The molecule has 0 spiro atoms. The molecule has 0 fully saturated rings. The van der Waals surface area contributed by atoms with Crippen molar-refractivity contribution >= 4 is 0 Å². The van der Waals surface area contributed by atoms with Crippen LogP contribution in [-0.4, -0.2) is 24.5 Å². The van der Waals surface area contributed by atoms with Crippen LogP contribution in [0.25, 0.3) is 0 Å². The molecule has 1 rings (SSSR count). The Labute approximate surface area is 116 Å². The van der Waals surface area contributed by atoms with Crippen molar-refractivity contribution in [2.24, 2.45) is 11.7 Å². The van der Waals surface area contributed by atoms with Gasteiger partial charge >= 0.3 is 0 Å². The minimum absolute atomic E-state index is 0.149. The molecule has 0 aliphatic heterocycles. The Hall–Kier alpha value is -0.930. The van der Waals surface area contributed by atoms with Gasteiger partial charge in [0.1, 0.15) is 5.82 Å². The summed E-state index contributed by atoms with van der Waals surface area (Å²) in [7, 11) is 0. The average Bonchev–Trinajstić information content (AvgIpc) is 2.41. The minimum Gasteiger partial charge on any atom is -0.329 e. The highest BCUT2D eigenvalue weighted by molar-refractivity contribution is 5.26. The van der Waals surface area contributed by atoms with E-state index in [-0.39, 0.29) is 11.9 Å². The predicted molar refractivity (Wildman–Crippen MR) is 79.6 cm³/mol. The van der Waals surface area contributed by atoms with E-state index in [1.807, 2.05) is 12.1 Å². The molecule has 2 atom stereocenters. The largest absolute Gasteiger partial charge is 0.329 e. The lowest BCUT2D eigenvalue weighted by Crippen LogP contribution is -2.36. The Morgan fingerprint density at radius 1 is 1.32 bits per heavy atom. The first-order chi connectivity index (χ1) is 9.03. The molecule has 0 bridgehead atoms. The number of aryl methyl sites for hydroxylation is 1. The SMILES string of the molecule is CCC(C)CN(CC)C(CN)c1ccc(F)c(C)c1. The zero-order valence-corrected chi connectivity index (χ0v) is 12.6. The average molecular weight is 266 g/mol. The Balaban J connectivity index is 2.93. The topological polar surface area (TPSA) is 29.3 Å². The highest BCUT2D eigenvalue weighted by atomic mass is 19.1. The van der Waals surface area contributed by atoms with Gasteiger partial charge in [0, 0.05) is 19.1 Å². The maximum absolute atomic E-state index is 13.4. The zero-order valence-electron chi connectivity index (χ0n) is 12.6. The quantitative estimate of drug-likeness (QED) is 0.818. The third kappa shape index (κ3) is 4.29. The van der Waals surface area contributed by atoms with Gasteiger partial charge in [0.25, 0.3) is 0 Å². The Morgan fingerprint density at radius 2 is 2.00 bits per heavy atom. The first-order valence-corrected chi connectivity index (χ1v) is 7.23. The van der Waals surface area contributed by atoms with Crippen LogP contribution in [0.1, 0.15) is 44.4 Å². The van der Waals surface area contributed by atoms with E-state index in [2.05, 4.69) is 25.7 Å². The molecule has 3 heteroatoms. The molecule has 1 aromatic carbocycles. The number of hydrogen-bond donors (Lipinski definition) is 1. The lowest BCUT2D eigenvalue weighted by atomic mass is 10.0. The van der Waals surface area contributed by atoms with Gasteiger partial charge in [-0.25, -0.2) is 4.39 Å². The highest BCUT2D eigenvalue weighted by Crippen LogP contribution is 2.23. The van der Waals surface area contributed by atoms with Crippen molar-refractivity contribution in [1.29, 1.82) is 0 Å². The van der Waals surface area contributed by atoms with Gasteiger partial charge in [0.2, 0.25) is 0 Å². The molecule has 108 valence electrons. The summed E-state index contributed by atoms with van der Waals surface area (Å²) in [6, 6.07) is 5.51. The van der Waals surface area contributed by atoms with Crippen LogP contribution in [0, 0.1) is 18.7 Å². The van der Waals surface area contributed by atoms with Gasteiger partial charge in [-0.1, -0.05) is 39.3 Å². The molecular weight excluding hydrogens is 239 g/mol. The van der Waals surface area contributed by atoms with Gasteiger partial charge in [-0.3, -0.25) is 4.90 Å². The van der Waals surface area contributed by atoms with Crippen LogP contribution in [-0.2, 0) is 0 Å². The molecule has 1 aromatic rings. The van der Waals surface area contributed by atoms with Gasteiger partial charge in [-0.05, 0) is 36.6 Å². The maximum atomic E-state index is 13.4. The van der Waals surface area contributed by atoms with Crippen molar-refractivity contribution in [2.45, 2.75) is 40.2 Å². The number of rotatable bonds is 7. The second-order valence-corrected chi connectivity index (χ2v) is 5.36. The van der Waals surface area contributed by atoms with Gasteiger partial charge in [0.15, 0.2) is 0 Å². The fourth-order valence-electron chi connectivity index (χ4n) is 2.38. The normalized spacial score (nSPS) is 14.7. The molecule has 2 unspecified atom stereocenters. The van der Waals surface area contributed by atoms with E-state index in [4.69, 9.17) is 5.73 Å². The summed E-state index contributed by atoms with van der Waals surface area (Å²) in [5, 5.41) is 0. The van der Waals surface area contributed by atoms with Gasteiger partial charge < -0.3 is 5.73 Å². The Morgan fingerprint density at radius 3 is 2.47 bits per heavy atom. The third-order valence-corrected chi connectivity index (χ3v) is 3.88. The summed E-state index contributed by atoms with van der Waals surface area (Å²) in [5.41, 5.74) is 7.76. The summed E-state index contributed by atoms with van der Waals surface area (Å²) in [5.74, 6) is 0.500. The van der Waals surface area contributed by atoms with E-state index in [0.29, 0.717) is 18.0 Å². The van der Waals surface area contributed by atoms with Crippen LogP contribution in [0.15, 0.2) is 18.2 Å². The van der Waals surface area contributed by atoms with Gasteiger partial charge in [-0.2, -0.15) is 0 Å². The smallest absolute Gasteiger partial charge is 0.126 e. The van der Waals surface area contributed by atoms with E-state index < -0.39 is 0 Å². The van der Waals surface area contributed by atoms with Crippen LogP contribution < -0.4 is 5.73 Å². The zero-order chi connectivity index (χ0) is 14.4. The third-order valence-electron chi connectivity index (χ3n) is 3.88. The van der Waals surface area contributed by atoms with Crippen LogP contribution in [0.3, 0.4) is 0 Å². The molecule has 0 amide bonds. The molecule has 0 radical (unpaired) electrons. The first kappa shape index (κ1) is 16.1. The lowest BCUT2D eigenvalue weighted by molar-refractivity contribution is 0.182. The first-order valence-electron chi connectivity index (χ1n) is 7.23. The fraction of sp³-hybridized carbons (Fsp3) is 0.625. The number of likely N-dealkylation sites (N-methyl/N-ethyl adjacent to an activating group) is 1. The standard InChI is InChI=1S/C16H27FN2/c1-5-12(3)11-19(6-2)16(10-18)14-7-8-15(17)13(4)9-14/h7-9,12,16H,5-6,10-11,18H2,1-4H3. The second-order valence-electron chi connectivity index (χ2n) is 5.36. The Kier molecular flexibility index (Phi) is 6.46. The molecular formula is C16H27FN2. The van der Waals surface area contributed by atoms with Crippen LogP contribution >= 0.6 is 0 Å².